The minimum Gasteiger partial charge on any atom is -0.455 e. The SMILES string of the molecule is CN(C)C1CCN(c2ccc(Nc3ncc4c(n3)OCN(c3c(F)cccc3Cl)C4=O)cc2F)CC1. The average Bonchev–Trinajstić information content (AvgIpc) is 2.85. The highest BCUT2D eigenvalue weighted by molar-refractivity contribution is 6.34. The highest BCUT2D eigenvalue weighted by Crippen LogP contribution is 2.34. The second kappa shape index (κ2) is 9.87. The molecule has 2 aliphatic rings. The van der Waals surface area contributed by atoms with E-state index < -0.39 is 11.7 Å². The first-order valence-corrected chi connectivity index (χ1v) is 11.9. The first kappa shape index (κ1) is 24.2. The fourth-order valence-electron chi connectivity index (χ4n) is 4.52. The molecule has 1 N–H and O–H groups in total. The predicted octanol–water partition coefficient (Wildman–Crippen LogP) is 4.68. The number of rotatable bonds is 5. The normalized spacial score (nSPS) is 16.2. The minimum atomic E-state index is -0.644. The second-order valence-electron chi connectivity index (χ2n) is 8.96. The molecule has 0 bridgehead atoms. The Labute approximate surface area is 212 Å². The van der Waals surface area contributed by atoms with Gasteiger partial charge in [-0.05, 0) is 57.3 Å². The molecule has 8 nitrogen and oxygen atoms in total. The fraction of sp³-hybridized carbons (Fsp3) is 0.320. The van der Waals surface area contributed by atoms with Gasteiger partial charge in [0.25, 0.3) is 5.91 Å². The summed E-state index contributed by atoms with van der Waals surface area (Å²) in [5.74, 6) is -1.34. The van der Waals surface area contributed by atoms with Crippen molar-refractivity contribution < 1.29 is 18.3 Å². The van der Waals surface area contributed by atoms with Crippen molar-refractivity contribution in [2.24, 2.45) is 0 Å². The third-order valence-corrected chi connectivity index (χ3v) is 6.81. The van der Waals surface area contributed by atoms with E-state index in [1.807, 2.05) is 0 Å². The lowest BCUT2D eigenvalue weighted by Gasteiger charge is -2.36. The van der Waals surface area contributed by atoms with Gasteiger partial charge in [0.1, 0.15) is 22.9 Å². The summed E-state index contributed by atoms with van der Waals surface area (Å²) in [6, 6.07) is 9.55. The van der Waals surface area contributed by atoms with Crippen LogP contribution in [0.15, 0.2) is 42.6 Å². The smallest absolute Gasteiger partial charge is 0.268 e. The molecule has 3 aromatic rings. The molecule has 11 heteroatoms. The number of fused-ring (bicyclic) bond motifs is 1. The van der Waals surface area contributed by atoms with Gasteiger partial charge in [-0.1, -0.05) is 17.7 Å². The molecule has 0 aliphatic carbocycles. The average molecular weight is 515 g/mol. The molecular formula is C25H25ClF2N6O2. The van der Waals surface area contributed by atoms with Gasteiger partial charge in [0.2, 0.25) is 11.8 Å². The Morgan fingerprint density at radius 2 is 1.92 bits per heavy atom. The van der Waals surface area contributed by atoms with Crippen LogP contribution in [0.5, 0.6) is 5.88 Å². The molecule has 0 unspecified atom stereocenters. The number of hydrogen-bond acceptors (Lipinski definition) is 7. The van der Waals surface area contributed by atoms with E-state index >= 15 is 0 Å². The molecule has 188 valence electrons. The molecule has 1 amide bonds. The molecule has 0 atom stereocenters. The number of nitrogens with zero attached hydrogens (tertiary/aromatic N) is 5. The summed E-state index contributed by atoms with van der Waals surface area (Å²) in [6.07, 6.45) is 3.25. The molecule has 1 saturated heterocycles. The largest absolute Gasteiger partial charge is 0.455 e. The van der Waals surface area contributed by atoms with E-state index in [1.54, 1.807) is 12.1 Å². The molecule has 0 saturated carbocycles. The van der Waals surface area contributed by atoms with Crippen LogP contribution in [0.2, 0.25) is 5.02 Å². The molecule has 5 rings (SSSR count). The molecule has 2 aromatic carbocycles. The highest BCUT2D eigenvalue weighted by atomic mass is 35.5. The van der Waals surface area contributed by atoms with Crippen LogP contribution in [0, 0.1) is 11.6 Å². The van der Waals surface area contributed by atoms with Crippen LogP contribution in [0.3, 0.4) is 0 Å². The fourth-order valence-corrected chi connectivity index (χ4v) is 4.78. The number of anilines is 4. The van der Waals surface area contributed by atoms with Gasteiger partial charge in [-0.25, -0.2) is 13.8 Å². The second-order valence-corrected chi connectivity index (χ2v) is 9.37. The maximum Gasteiger partial charge on any atom is 0.268 e. The number of para-hydroxylation sites is 1. The van der Waals surface area contributed by atoms with E-state index in [0.717, 1.165) is 30.8 Å². The van der Waals surface area contributed by atoms with Gasteiger partial charge in [0, 0.05) is 31.0 Å². The van der Waals surface area contributed by atoms with Crippen LogP contribution in [0.4, 0.5) is 31.8 Å². The topological polar surface area (TPSA) is 73.8 Å². The Balaban J connectivity index is 1.29. The van der Waals surface area contributed by atoms with E-state index in [1.165, 1.54) is 30.5 Å². The van der Waals surface area contributed by atoms with Gasteiger partial charge in [0.15, 0.2) is 6.73 Å². The van der Waals surface area contributed by atoms with Crippen LogP contribution in [0.25, 0.3) is 0 Å². The Bertz CT molecular complexity index is 1280. The number of halogens is 3. The van der Waals surface area contributed by atoms with E-state index in [4.69, 9.17) is 16.3 Å². The summed E-state index contributed by atoms with van der Waals surface area (Å²) in [6.45, 7) is 1.32. The molecule has 1 fully saturated rings. The Kier molecular flexibility index (Phi) is 6.63. The maximum atomic E-state index is 14.9. The highest BCUT2D eigenvalue weighted by Gasteiger charge is 2.32. The number of amides is 1. The van der Waals surface area contributed by atoms with E-state index in [-0.39, 0.29) is 40.6 Å². The van der Waals surface area contributed by atoms with Gasteiger partial charge in [-0.3, -0.25) is 9.69 Å². The molecule has 2 aliphatic heterocycles. The maximum absolute atomic E-state index is 14.9. The summed E-state index contributed by atoms with van der Waals surface area (Å²) in [4.78, 5) is 26.7. The zero-order chi connectivity index (χ0) is 25.4. The van der Waals surface area contributed by atoms with Crippen molar-refractivity contribution in [3.05, 3.63) is 64.8 Å². The summed E-state index contributed by atoms with van der Waals surface area (Å²) < 4.78 is 34.8. The molecule has 36 heavy (non-hydrogen) atoms. The quantitative estimate of drug-likeness (QED) is 0.530. The van der Waals surface area contributed by atoms with Crippen molar-refractivity contribution in [3.8, 4) is 5.88 Å². The number of piperidine rings is 1. The first-order chi connectivity index (χ1) is 17.3. The lowest BCUT2D eigenvalue weighted by atomic mass is 10.0. The summed E-state index contributed by atoms with van der Waals surface area (Å²) in [5.41, 5.74) is 1.01. The van der Waals surface area contributed by atoms with Crippen LogP contribution < -0.4 is 19.9 Å². The van der Waals surface area contributed by atoms with E-state index in [2.05, 4.69) is 39.2 Å². The van der Waals surface area contributed by atoms with Crippen LogP contribution in [-0.2, 0) is 0 Å². The van der Waals surface area contributed by atoms with Crippen LogP contribution in [-0.4, -0.2) is 60.7 Å². The van der Waals surface area contributed by atoms with Crippen molar-refractivity contribution in [2.75, 3.05) is 49.0 Å². The van der Waals surface area contributed by atoms with Crippen LogP contribution >= 0.6 is 11.6 Å². The summed E-state index contributed by atoms with van der Waals surface area (Å²) in [7, 11) is 4.14. The Morgan fingerprint density at radius 3 is 2.61 bits per heavy atom. The van der Waals surface area contributed by atoms with Crippen molar-refractivity contribution in [1.82, 2.24) is 14.9 Å². The summed E-state index contributed by atoms with van der Waals surface area (Å²) in [5, 5.41) is 3.03. The monoisotopic (exact) mass is 514 g/mol. The number of hydrogen-bond donors (Lipinski definition) is 1. The van der Waals surface area contributed by atoms with Crippen LogP contribution in [0.1, 0.15) is 23.2 Å². The third kappa shape index (κ3) is 4.66. The number of aromatic nitrogens is 2. The standard InChI is InChI=1S/C25H25ClF2N6O2/c1-32(2)16-8-10-33(11-9-16)21-7-6-15(12-20(21)28)30-25-29-13-17-23(31-25)36-14-34(24(17)35)22-18(26)4-3-5-19(22)27/h3-7,12-13,16H,8-11,14H2,1-2H3,(H,29,30,31). The van der Waals surface area contributed by atoms with Crippen molar-refractivity contribution in [3.63, 3.8) is 0 Å². The molecule has 0 radical (unpaired) electrons. The molecule has 3 heterocycles. The minimum absolute atomic E-state index is 0.0436. The molecule has 1 aromatic heterocycles. The Morgan fingerprint density at radius 1 is 1.14 bits per heavy atom. The number of carbonyl (C=O) groups excluding carboxylic acids is 1. The molecular weight excluding hydrogens is 490 g/mol. The zero-order valence-electron chi connectivity index (χ0n) is 19.8. The lowest BCUT2D eigenvalue weighted by molar-refractivity contribution is 0.0931. The number of benzene rings is 2. The van der Waals surface area contributed by atoms with Crippen molar-refractivity contribution in [2.45, 2.75) is 18.9 Å². The number of nitrogens with one attached hydrogen (secondary N) is 1. The third-order valence-electron chi connectivity index (χ3n) is 6.51. The van der Waals surface area contributed by atoms with Gasteiger partial charge in [-0.15, -0.1) is 0 Å². The Hall–Kier alpha value is -3.50. The zero-order valence-corrected chi connectivity index (χ0v) is 20.6. The number of carbonyl (C=O) groups is 1. The van der Waals surface area contributed by atoms with Gasteiger partial charge in [0.05, 0.1) is 10.7 Å². The summed E-state index contributed by atoms with van der Waals surface area (Å²) >= 11 is 6.10. The van der Waals surface area contributed by atoms with Gasteiger partial charge < -0.3 is 19.9 Å². The van der Waals surface area contributed by atoms with Gasteiger partial charge in [-0.2, -0.15) is 4.98 Å². The number of ether oxygens (including phenoxy) is 1. The lowest BCUT2D eigenvalue weighted by Crippen LogP contribution is -2.42. The molecule has 0 spiro atoms. The van der Waals surface area contributed by atoms with E-state index in [9.17, 15) is 13.6 Å². The first-order valence-electron chi connectivity index (χ1n) is 11.6. The van der Waals surface area contributed by atoms with Crippen molar-refractivity contribution in [1.29, 1.82) is 0 Å². The van der Waals surface area contributed by atoms with Gasteiger partial charge >= 0.3 is 0 Å². The van der Waals surface area contributed by atoms with E-state index in [0.29, 0.717) is 17.4 Å². The van der Waals surface area contributed by atoms with Crippen molar-refractivity contribution >= 4 is 40.5 Å². The predicted molar refractivity (Wildman–Crippen MR) is 134 cm³/mol.